The monoisotopic (exact) mass is 1000 g/mol. The van der Waals surface area contributed by atoms with Gasteiger partial charge in [0.05, 0.1) is 49.8 Å². The lowest BCUT2D eigenvalue weighted by Gasteiger charge is -2.21. The van der Waals surface area contributed by atoms with E-state index in [1.807, 2.05) is 31.1 Å². The van der Waals surface area contributed by atoms with Crippen LogP contribution in [0.15, 0.2) is 134 Å². The van der Waals surface area contributed by atoms with Gasteiger partial charge in [-0.25, -0.2) is 14.4 Å². The van der Waals surface area contributed by atoms with Crippen molar-refractivity contribution in [2.75, 3.05) is 26.0 Å². The number of aromatic hydroxyl groups is 1. The molecule has 4 aliphatic rings. The summed E-state index contributed by atoms with van der Waals surface area (Å²) in [6.45, 7) is -0.414. The molecule has 2 amide bonds. The van der Waals surface area contributed by atoms with E-state index >= 15 is 0 Å². The maximum atomic E-state index is 13.8. The predicted molar refractivity (Wildman–Crippen MR) is 270 cm³/mol. The molecule has 0 unspecified atom stereocenters. The average Bonchev–Trinajstić information content (AvgIpc) is 3.36. The summed E-state index contributed by atoms with van der Waals surface area (Å²) in [6, 6.07) is 28.6. The molecule has 2 aliphatic heterocycles. The number of halogens is 2. The lowest BCUT2D eigenvalue weighted by molar-refractivity contribution is 0.0682. The van der Waals surface area contributed by atoms with Gasteiger partial charge in [0, 0.05) is 95.7 Å². The molecule has 5 aromatic rings. The average molecular weight is 1010 g/mol. The Kier molecular flexibility index (Phi) is 12.7. The van der Waals surface area contributed by atoms with Crippen LogP contribution in [-0.4, -0.2) is 71.3 Å². The minimum atomic E-state index is -1.42. The summed E-state index contributed by atoms with van der Waals surface area (Å²) in [5.74, 6) is -5.26. The van der Waals surface area contributed by atoms with Crippen molar-refractivity contribution in [1.29, 1.82) is 0 Å². The summed E-state index contributed by atoms with van der Waals surface area (Å²) >= 11 is 13.8. The number of hydrogen-bond donors (Lipinski definition) is 6. The van der Waals surface area contributed by atoms with Crippen molar-refractivity contribution in [3.8, 4) is 50.7 Å². The highest BCUT2D eigenvalue weighted by Gasteiger charge is 2.30. The zero-order valence-electron chi connectivity index (χ0n) is 38.1. The Balaban J connectivity index is 0.962. The number of carboxylic acid groups (broad SMARTS) is 3. The van der Waals surface area contributed by atoms with Gasteiger partial charge in [0.15, 0.2) is 5.43 Å². The molecule has 2 heterocycles. The van der Waals surface area contributed by atoms with E-state index in [0.29, 0.717) is 44.2 Å². The van der Waals surface area contributed by atoms with Crippen molar-refractivity contribution in [2.45, 2.75) is 13.1 Å². The smallest absolute Gasteiger partial charge is 0.337 e. The van der Waals surface area contributed by atoms with Crippen LogP contribution in [0.4, 0.5) is 5.69 Å². The number of hydrogen-bond acceptors (Lipinski definition) is 11. The number of nitrogens with one attached hydrogen (secondary N) is 2. The Bertz CT molecular complexity index is 3840. The number of carbonyl (C=O) groups is 5. The quantitative estimate of drug-likeness (QED) is 0.0625. The molecule has 5 aromatic carbocycles. The number of benzene rings is 7. The largest absolute Gasteiger partial charge is 0.508 e. The van der Waals surface area contributed by atoms with Crippen LogP contribution in [0, 0.1) is 0 Å². The number of anilines is 1. The number of fused-ring (bicyclic) bond motifs is 4. The Hall–Kier alpha value is -8.99. The standard InChI is InChI=1S/C54H38Cl2N4O12/c1-57-28-9-13-33-41(19-28)71-42-20-29(60(2)3)10-14-34(42)45(33)46-39(55)22-37(48(56)47(46)54(69)70)51(64)58-23-25-4-6-26(7-5-25)50(63)59-24-38-40(62)17-16-35-44(32-15-11-30(61)21-43(32)72-49(35)38)31-12-8-27(52(65)66)18-36(31)53(67)68/h4-22,61H,23-24H2,1-3H3,(H,58,64)(H,59,63)(H,65,66)(H,67,68)(H,69,70)/b57-28-. The van der Waals surface area contributed by atoms with Gasteiger partial charge in [-0.1, -0.05) is 41.4 Å². The number of rotatable bonds is 12. The van der Waals surface area contributed by atoms with Crippen molar-refractivity contribution >= 4 is 80.6 Å². The summed E-state index contributed by atoms with van der Waals surface area (Å²) in [7, 11) is 5.38. The number of carboxylic acids is 3. The van der Waals surface area contributed by atoms with E-state index < -0.39 is 40.7 Å². The molecule has 0 bridgehead atoms. The fraction of sp³-hybridized carbons (Fsp3) is 0.0926. The molecule has 0 saturated carbocycles. The topological polar surface area (TPSA) is 249 Å². The molecule has 2 aliphatic carbocycles. The van der Waals surface area contributed by atoms with Gasteiger partial charge in [0.1, 0.15) is 28.4 Å². The van der Waals surface area contributed by atoms with Gasteiger partial charge in [-0.2, -0.15) is 0 Å². The number of nitrogens with zero attached hydrogens (tertiary/aromatic N) is 2. The first kappa shape index (κ1) is 48.1. The van der Waals surface area contributed by atoms with Gasteiger partial charge in [0.25, 0.3) is 11.8 Å². The minimum absolute atomic E-state index is 0.00466. The molecule has 0 radical (unpaired) electrons. The second-order valence-corrected chi connectivity index (χ2v) is 17.5. The summed E-state index contributed by atoms with van der Waals surface area (Å²) in [5.41, 5.74) is 2.12. The highest BCUT2D eigenvalue weighted by atomic mass is 35.5. The van der Waals surface area contributed by atoms with Crippen LogP contribution in [0.2, 0.25) is 10.0 Å². The maximum absolute atomic E-state index is 13.8. The third-order valence-corrected chi connectivity index (χ3v) is 12.9. The molecular weight excluding hydrogens is 968 g/mol. The highest BCUT2D eigenvalue weighted by Crippen LogP contribution is 2.47. The van der Waals surface area contributed by atoms with Gasteiger partial charge in [0.2, 0.25) is 0 Å². The Labute approximate surface area is 417 Å². The summed E-state index contributed by atoms with van der Waals surface area (Å²) in [4.78, 5) is 84.2. The van der Waals surface area contributed by atoms with E-state index in [4.69, 9.17) is 32.0 Å². The second kappa shape index (κ2) is 19.1. The Morgan fingerprint density at radius 2 is 1.29 bits per heavy atom. The predicted octanol–water partition coefficient (Wildman–Crippen LogP) is 9.65. The minimum Gasteiger partial charge on any atom is -0.508 e. The fourth-order valence-corrected chi connectivity index (χ4v) is 9.24. The van der Waals surface area contributed by atoms with E-state index in [-0.39, 0.29) is 90.3 Å². The highest BCUT2D eigenvalue weighted by molar-refractivity contribution is 6.41. The third kappa shape index (κ3) is 8.80. The third-order valence-electron chi connectivity index (χ3n) is 12.2. The zero-order valence-corrected chi connectivity index (χ0v) is 39.6. The van der Waals surface area contributed by atoms with Crippen LogP contribution in [0.1, 0.15) is 62.9 Å². The summed E-state index contributed by atoms with van der Waals surface area (Å²) in [5, 5.41) is 47.3. The van der Waals surface area contributed by atoms with Gasteiger partial charge < -0.3 is 44.8 Å². The number of phenolic OH excluding ortho intramolecular Hbond substituents is 1. The van der Waals surface area contributed by atoms with Crippen molar-refractivity contribution in [3.63, 3.8) is 0 Å². The van der Waals surface area contributed by atoms with E-state index in [9.17, 15) is 49.2 Å². The van der Waals surface area contributed by atoms with E-state index in [1.165, 1.54) is 60.7 Å². The summed E-state index contributed by atoms with van der Waals surface area (Å²) in [6.07, 6.45) is 0. The van der Waals surface area contributed by atoms with Crippen molar-refractivity contribution in [2.24, 2.45) is 4.99 Å². The molecule has 72 heavy (non-hydrogen) atoms. The van der Waals surface area contributed by atoms with Crippen LogP contribution >= 0.6 is 23.2 Å². The van der Waals surface area contributed by atoms with Crippen LogP contribution in [-0.2, 0) is 13.1 Å². The lowest BCUT2D eigenvalue weighted by Crippen LogP contribution is -2.27. The fourth-order valence-electron chi connectivity index (χ4n) is 8.62. The number of aromatic carboxylic acids is 3. The first-order valence-electron chi connectivity index (χ1n) is 21.8. The van der Waals surface area contributed by atoms with Gasteiger partial charge in [-0.15, -0.1) is 0 Å². The Morgan fingerprint density at radius 3 is 1.99 bits per heavy atom. The molecule has 0 atom stereocenters. The van der Waals surface area contributed by atoms with Crippen molar-refractivity contribution < 1.29 is 53.2 Å². The van der Waals surface area contributed by atoms with E-state index in [2.05, 4.69) is 15.6 Å². The first-order chi connectivity index (χ1) is 34.4. The second-order valence-electron chi connectivity index (χ2n) is 16.7. The van der Waals surface area contributed by atoms with Crippen molar-refractivity contribution in [3.05, 3.63) is 180 Å². The SMILES string of the molecule is C/N=c1/ccc2c(-c3c(Cl)cc(C(=O)NCc4ccc(C(=O)NCc5c6oc7cc(O)ccc7c(-c7ccc(C(=O)O)cc7C(=O)O)c-6ccc5=O)cc4)c(Cl)c3C(=O)O)c3ccc(N(C)C)cc3oc-2c1. The van der Waals surface area contributed by atoms with Crippen LogP contribution < -0.4 is 26.3 Å². The van der Waals surface area contributed by atoms with Crippen molar-refractivity contribution in [1.82, 2.24) is 10.6 Å². The molecule has 6 N–H and O–H groups in total. The molecule has 0 fully saturated rings. The van der Waals surface area contributed by atoms with Crippen LogP contribution in [0.25, 0.3) is 66.8 Å². The molecule has 9 rings (SSSR count). The van der Waals surface area contributed by atoms with Crippen LogP contribution in [0.5, 0.6) is 5.75 Å². The summed E-state index contributed by atoms with van der Waals surface area (Å²) < 4.78 is 12.5. The molecule has 16 nitrogen and oxygen atoms in total. The van der Waals surface area contributed by atoms with Gasteiger partial charge >= 0.3 is 17.9 Å². The Morgan fingerprint density at radius 1 is 0.625 bits per heavy atom. The molecule has 18 heteroatoms. The maximum Gasteiger partial charge on any atom is 0.337 e. The molecule has 360 valence electrons. The van der Waals surface area contributed by atoms with Gasteiger partial charge in [-0.3, -0.25) is 19.4 Å². The number of amides is 2. The zero-order chi connectivity index (χ0) is 51.3. The van der Waals surface area contributed by atoms with E-state index in [0.717, 1.165) is 11.8 Å². The van der Waals surface area contributed by atoms with Crippen LogP contribution in [0.3, 0.4) is 0 Å². The number of carbonyl (C=O) groups excluding carboxylic acids is 2. The molecule has 0 aromatic heterocycles. The van der Waals surface area contributed by atoms with Gasteiger partial charge in [-0.05, 0) is 90.0 Å². The molecule has 0 spiro atoms. The normalized spacial score (nSPS) is 11.6. The first-order valence-corrected chi connectivity index (χ1v) is 22.5. The molecular formula is C54H38Cl2N4O12. The molecule has 0 saturated heterocycles. The van der Waals surface area contributed by atoms with E-state index in [1.54, 1.807) is 43.4 Å². The number of phenols is 1. The lowest BCUT2D eigenvalue weighted by atomic mass is 9.88.